The summed E-state index contributed by atoms with van der Waals surface area (Å²) in [5.41, 5.74) is 0. The van der Waals surface area contributed by atoms with Crippen LogP contribution in [0, 0.1) is 0 Å². The summed E-state index contributed by atoms with van der Waals surface area (Å²) in [4.78, 5) is 0. The number of quaternary nitrogens is 1. The number of halogens is 1. The van der Waals surface area contributed by atoms with E-state index in [1.54, 1.807) is 0 Å². The molecular weight excluding hydrogens is 178 g/mol. The fraction of sp³-hybridized carbons (Fsp3) is 1.00. The first kappa shape index (κ1) is 14.1. The number of thiol groups is 1. The summed E-state index contributed by atoms with van der Waals surface area (Å²) in [5.74, 6) is 1.01. The van der Waals surface area contributed by atoms with Gasteiger partial charge in [-0.15, -0.1) is 0 Å². The molecule has 0 aliphatic rings. The minimum Gasteiger partial charge on any atom is -1.00 e. The molecule has 3 heteroatoms. The van der Waals surface area contributed by atoms with Crippen LogP contribution in [-0.4, -0.2) is 36.4 Å². The summed E-state index contributed by atoms with van der Waals surface area (Å²) in [6, 6.07) is 0. The van der Waals surface area contributed by atoms with Gasteiger partial charge in [0.1, 0.15) is 0 Å². The second-order valence-corrected chi connectivity index (χ2v) is 3.18. The third-order valence-corrected chi connectivity index (χ3v) is 2.79. The van der Waals surface area contributed by atoms with Crippen LogP contribution >= 0.6 is 12.6 Å². The van der Waals surface area contributed by atoms with Gasteiger partial charge >= 0.3 is 0 Å². The zero-order valence-electron chi connectivity index (χ0n) is 7.81. The molecule has 0 amide bonds. The molecule has 0 rings (SSSR count). The fourth-order valence-electron chi connectivity index (χ4n) is 1.36. The minimum atomic E-state index is 0. The van der Waals surface area contributed by atoms with Crippen LogP contribution in [-0.2, 0) is 0 Å². The normalized spacial score (nSPS) is 10.9. The van der Waals surface area contributed by atoms with E-state index < -0.39 is 0 Å². The largest absolute Gasteiger partial charge is 1.00 e. The Hall–Kier alpha value is 0.600. The van der Waals surface area contributed by atoms with Crippen molar-refractivity contribution in [3.05, 3.63) is 0 Å². The van der Waals surface area contributed by atoms with Gasteiger partial charge in [0, 0.05) is 5.75 Å². The maximum absolute atomic E-state index is 4.26. The predicted molar refractivity (Wildman–Crippen MR) is 50.6 cm³/mol. The first-order valence-corrected chi connectivity index (χ1v) is 4.83. The summed E-state index contributed by atoms with van der Waals surface area (Å²) in [5, 5.41) is 0. The molecule has 0 spiro atoms. The van der Waals surface area contributed by atoms with Crippen molar-refractivity contribution >= 4 is 12.6 Å². The Bertz CT molecular complexity index is 75.9. The summed E-state index contributed by atoms with van der Waals surface area (Å²) in [6.45, 7) is 11.7. The van der Waals surface area contributed by atoms with Crippen LogP contribution < -0.4 is 12.4 Å². The van der Waals surface area contributed by atoms with Crippen LogP contribution in [0.25, 0.3) is 0 Å². The molecule has 0 N–H and O–H groups in total. The van der Waals surface area contributed by atoms with Crippen LogP contribution in [0.3, 0.4) is 0 Å². The Morgan fingerprint density at radius 2 is 1.36 bits per heavy atom. The van der Waals surface area contributed by atoms with Crippen molar-refractivity contribution in [2.75, 3.05) is 31.9 Å². The molecule has 0 aliphatic carbocycles. The molecule has 0 aromatic rings. The minimum absolute atomic E-state index is 0. The van der Waals surface area contributed by atoms with Gasteiger partial charge in [0.05, 0.1) is 26.2 Å². The van der Waals surface area contributed by atoms with Gasteiger partial charge in [-0.1, -0.05) is 0 Å². The lowest BCUT2D eigenvalue weighted by atomic mass is 10.3. The van der Waals surface area contributed by atoms with E-state index >= 15 is 0 Å². The number of hydrogen-bond acceptors (Lipinski definition) is 1. The lowest BCUT2D eigenvalue weighted by molar-refractivity contribution is -0.920. The third-order valence-electron chi connectivity index (χ3n) is 2.59. The highest BCUT2D eigenvalue weighted by molar-refractivity contribution is 7.80. The van der Waals surface area contributed by atoms with E-state index in [1.165, 1.54) is 30.7 Å². The molecule has 1 nitrogen and oxygen atoms in total. The molecule has 70 valence electrons. The van der Waals surface area contributed by atoms with Crippen molar-refractivity contribution < 1.29 is 16.9 Å². The zero-order chi connectivity index (χ0) is 8.04. The van der Waals surface area contributed by atoms with Gasteiger partial charge in [-0.25, -0.2) is 0 Å². The van der Waals surface area contributed by atoms with Crippen molar-refractivity contribution in [2.24, 2.45) is 0 Å². The lowest BCUT2D eigenvalue weighted by Crippen LogP contribution is -3.00. The van der Waals surface area contributed by atoms with Gasteiger partial charge < -0.3 is 16.9 Å². The molecule has 0 heterocycles. The van der Waals surface area contributed by atoms with Gasteiger partial charge in [0.25, 0.3) is 0 Å². The molecule has 0 unspecified atom stereocenters. The summed E-state index contributed by atoms with van der Waals surface area (Å²) in [6.07, 6.45) is 0. The van der Waals surface area contributed by atoms with E-state index in [0.29, 0.717) is 0 Å². The second kappa shape index (κ2) is 7.26. The smallest absolute Gasteiger partial charge is 0.0875 e. The maximum Gasteiger partial charge on any atom is 0.0875 e. The Balaban J connectivity index is 0. The van der Waals surface area contributed by atoms with Crippen molar-refractivity contribution in [3.63, 3.8) is 0 Å². The Morgan fingerprint density at radius 3 is 1.45 bits per heavy atom. The number of nitrogens with zero attached hydrogens (tertiary/aromatic N) is 1. The molecule has 0 aliphatic heterocycles. The topological polar surface area (TPSA) is 0 Å². The van der Waals surface area contributed by atoms with Gasteiger partial charge in [-0.2, -0.15) is 12.6 Å². The molecule has 0 aromatic heterocycles. The van der Waals surface area contributed by atoms with Crippen LogP contribution in [0.1, 0.15) is 20.8 Å². The van der Waals surface area contributed by atoms with E-state index in [9.17, 15) is 0 Å². The zero-order valence-corrected chi connectivity index (χ0v) is 9.46. The SMILES string of the molecule is CC[N+](CC)(CC)CCS.[Cl-]. The molecular formula is C8H20ClNS. The molecule has 0 saturated carbocycles. The van der Waals surface area contributed by atoms with Crippen molar-refractivity contribution in [2.45, 2.75) is 20.8 Å². The van der Waals surface area contributed by atoms with Crippen LogP contribution in [0.15, 0.2) is 0 Å². The lowest BCUT2D eigenvalue weighted by Gasteiger charge is -2.35. The number of hydrogen-bond donors (Lipinski definition) is 1. The summed E-state index contributed by atoms with van der Waals surface area (Å²) < 4.78 is 1.23. The van der Waals surface area contributed by atoms with Crippen LogP contribution in [0.2, 0.25) is 0 Å². The molecule has 0 atom stereocenters. The average Bonchev–Trinajstić information content (AvgIpc) is 2.01. The Labute approximate surface area is 82.6 Å². The highest BCUT2D eigenvalue weighted by Crippen LogP contribution is 2.04. The Morgan fingerprint density at radius 1 is 1.00 bits per heavy atom. The van der Waals surface area contributed by atoms with Crippen molar-refractivity contribution in [1.29, 1.82) is 0 Å². The van der Waals surface area contributed by atoms with Crippen LogP contribution in [0.4, 0.5) is 0 Å². The molecule has 0 radical (unpaired) electrons. The third kappa shape index (κ3) is 4.24. The second-order valence-electron chi connectivity index (χ2n) is 2.74. The first-order chi connectivity index (χ1) is 4.74. The fourth-order valence-corrected chi connectivity index (χ4v) is 1.78. The van der Waals surface area contributed by atoms with Gasteiger partial charge in [-0.3, -0.25) is 0 Å². The van der Waals surface area contributed by atoms with Crippen molar-refractivity contribution in [1.82, 2.24) is 0 Å². The highest BCUT2D eigenvalue weighted by Gasteiger charge is 2.18. The van der Waals surface area contributed by atoms with E-state index in [4.69, 9.17) is 0 Å². The van der Waals surface area contributed by atoms with Crippen molar-refractivity contribution in [3.8, 4) is 0 Å². The molecule has 0 bridgehead atoms. The molecule has 0 aromatic carbocycles. The van der Waals surface area contributed by atoms with E-state index in [0.717, 1.165) is 5.75 Å². The summed E-state index contributed by atoms with van der Waals surface area (Å²) >= 11 is 4.26. The average molecular weight is 198 g/mol. The van der Waals surface area contributed by atoms with Gasteiger partial charge in [0.15, 0.2) is 0 Å². The highest BCUT2D eigenvalue weighted by atomic mass is 35.5. The predicted octanol–water partition coefficient (Wildman–Crippen LogP) is -1.20. The van der Waals surface area contributed by atoms with E-state index in [-0.39, 0.29) is 12.4 Å². The monoisotopic (exact) mass is 197 g/mol. The van der Waals surface area contributed by atoms with E-state index in [2.05, 4.69) is 33.4 Å². The van der Waals surface area contributed by atoms with Gasteiger partial charge in [-0.05, 0) is 20.8 Å². The maximum atomic E-state index is 4.26. The molecule has 0 saturated heterocycles. The standard InChI is InChI=1S/C8H19NS.ClH/c1-4-9(5-2,6-3)7-8-10;/h4-8H2,1-3H3;1H. The Kier molecular flexibility index (Phi) is 9.33. The quantitative estimate of drug-likeness (QED) is 0.416. The molecule has 11 heavy (non-hydrogen) atoms. The summed E-state index contributed by atoms with van der Waals surface area (Å²) in [7, 11) is 0. The van der Waals surface area contributed by atoms with E-state index in [1.807, 2.05) is 0 Å². The first-order valence-electron chi connectivity index (χ1n) is 4.20. The number of rotatable bonds is 5. The van der Waals surface area contributed by atoms with Crippen LogP contribution in [0.5, 0.6) is 0 Å². The molecule has 0 fully saturated rings. The van der Waals surface area contributed by atoms with Gasteiger partial charge in [0.2, 0.25) is 0 Å².